The maximum absolute atomic E-state index is 12.5. The lowest BCUT2D eigenvalue weighted by atomic mass is 9.84. The van der Waals surface area contributed by atoms with Crippen molar-refractivity contribution < 1.29 is 9.53 Å². The van der Waals surface area contributed by atoms with Crippen molar-refractivity contribution in [1.29, 1.82) is 0 Å². The van der Waals surface area contributed by atoms with Crippen molar-refractivity contribution in [2.45, 2.75) is 89.1 Å². The number of unbranched alkanes of at least 4 members (excludes halogenated alkanes) is 4. The summed E-state index contributed by atoms with van der Waals surface area (Å²) in [6, 6.07) is 32.0. The third-order valence-electron chi connectivity index (χ3n) is 7.31. The quantitative estimate of drug-likeness (QED) is 0.0997. The summed E-state index contributed by atoms with van der Waals surface area (Å²) >= 11 is 0. The van der Waals surface area contributed by atoms with Crippen molar-refractivity contribution in [3.8, 4) is 0 Å². The standard InChI is InChI=1S/C35H44O2/c1-2-34(36)37-35(30-18-27-33-23-12-5-13-24-33,28-16-6-14-25-31-19-8-3-9-20-31)29-17-7-15-26-32-21-10-4-11-22-32/h2-5,8-13,19-24H,1,6-7,14-18,25-30H2. The second-order valence-corrected chi connectivity index (χ2v) is 10.2. The maximum Gasteiger partial charge on any atom is 0.330 e. The Hall–Kier alpha value is -3.13. The molecule has 196 valence electrons. The molecule has 0 aliphatic carbocycles. The predicted molar refractivity (Wildman–Crippen MR) is 156 cm³/mol. The lowest BCUT2D eigenvalue weighted by Crippen LogP contribution is -2.35. The first-order valence-corrected chi connectivity index (χ1v) is 14.2. The molecule has 0 saturated heterocycles. The first-order chi connectivity index (χ1) is 18.2. The summed E-state index contributed by atoms with van der Waals surface area (Å²) in [5.74, 6) is -0.284. The van der Waals surface area contributed by atoms with Crippen LogP contribution in [-0.2, 0) is 28.8 Å². The molecule has 37 heavy (non-hydrogen) atoms. The molecule has 3 aromatic carbocycles. The van der Waals surface area contributed by atoms with Crippen LogP contribution in [0.25, 0.3) is 0 Å². The number of carbonyl (C=O) groups is 1. The second-order valence-electron chi connectivity index (χ2n) is 10.2. The molecule has 0 heterocycles. The van der Waals surface area contributed by atoms with E-state index in [1.165, 1.54) is 22.8 Å². The Morgan fingerprint density at radius 3 is 1.35 bits per heavy atom. The summed E-state index contributed by atoms with van der Waals surface area (Å²) in [5, 5.41) is 0. The third kappa shape index (κ3) is 11.2. The highest BCUT2D eigenvalue weighted by atomic mass is 16.6. The van der Waals surface area contributed by atoms with E-state index in [-0.39, 0.29) is 5.97 Å². The molecule has 0 radical (unpaired) electrons. The maximum atomic E-state index is 12.5. The molecule has 0 amide bonds. The van der Waals surface area contributed by atoms with E-state index in [0.29, 0.717) is 0 Å². The van der Waals surface area contributed by atoms with Gasteiger partial charge in [0.25, 0.3) is 0 Å². The zero-order chi connectivity index (χ0) is 26.0. The first kappa shape index (κ1) is 28.4. The van der Waals surface area contributed by atoms with Crippen LogP contribution in [0.4, 0.5) is 0 Å². The zero-order valence-corrected chi connectivity index (χ0v) is 22.5. The fraction of sp³-hybridized carbons (Fsp3) is 0.400. The van der Waals surface area contributed by atoms with E-state index in [1.807, 2.05) is 0 Å². The van der Waals surface area contributed by atoms with Crippen LogP contribution < -0.4 is 0 Å². The van der Waals surface area contributed by atoms with Crippen LogP contribution in [0, 0.1) is 0 Å². The van der Waals surface area contributed by atoms with Gasteiger partial charge < -0.3 is 4.74 Å². The van der Waals surface area contributed by atoms with Crippen molar-refractivity contribution in [3.63, 3.8) is 0 Å². The van der Waals surface area contributed by atoms with E-state index in [9.17, 15) is 4.79 Å². The minimum Gasteiger partial charge on any atom is -0.456 e. The van der Waals surface area contributed by atoms with Crippen LogP contribution in [0.5, 0.6) is 0 Å². The van der Waals surface area contributed by atoms with Crippen molar-refractivity contribution in [3.05, 3.63) is 120 Å². The van der Waals surface area contributed by atoms with Gasteiger partial charge in [-0.3, -0.25) is 0 Å². The lowest BCUT2D eigenvalue weighted by Gasteiger charge is -2.34. The molecular formula is C35H44O2. The van der Waals surface area contributed by atoms with Gasteiger partial charge in [0.15, 0.2) is 0 Å². The molecule has 0 bridgehead atoms. The summed E-state index contributed by atoms with van der Waals surface area (Å²) in [6.07, 6.45) is 15.1. The van der Waals surface area contributed by atoms with Gasteiger partial charge in [0, 0.05) is 6.08 Å². The Morgan fingerprint density at radius 1 is 0.568 bits per heavy atom. The zero-order valence-electron chi connectivity index (χ0n) is 22.5. The highest BCUT2D eigenvalue weighted by molar-refractivity contribution is 5.81. The van der Waals surface area contributed by atoms with E-state index in [0.717, 1.165) is 83.5 Å². The van der Waals surface area contributed by atoms with Gasteiger partial charge in [-0.05, 0) is 87.3 Å². The highest BCUT2D eigenvalue weighted by Gasteiger charge is 2.32. The number of benzene rings is 3. The molecule has 0 saturated carbocycles. The van der Waals surface area contributed by atoms with Crippen molar-refractivity contribution in [1.82, 2.24) is 0 Å². The number of carbonyl (C=O) groups excluding carboxylic acids is 1. The molecule has 0 aromatic heterocycles. The average Bonchev–Trinajstić information content (AvgIpc) is 2.94. The topological polar surface area (TPSA) is 26.3 Å². The van der Waals surface area contributed by atoms with Gasteiger partial charge >= 0.3 is 5.97 Å². The van der Waals surface area contributed by atoms with E-state index < -0.39 is 5.60 Å². The minimum absolute atomic E-state index is 0.284. The Bertz CT molecular complexity index is 961. The molecule has 0 N–H and O–H groups in total. The number of esters is 1. The molecule has 3 rings (SSSR count). The lowest BCUT2D eigenvalue weighted by molar-refractivity contribution is -0.156. The number of aryl methyl sites for hydroxylation is 3. The third-order valence-corrected chi connectivity index (χ3v) is 7.31. The summed E-state index contributed by atoms with van der Waals surface area (Å²) < 4.78 is 6.20. The van der Waals surface area contributed by atoms with Gasteiger partial charge in [-0.25, -0.2) is 4.79 Å². The van der Waals surface area contributed by atoms with Gasteiger partial charge in [-0.15, -0.1) is 0 Å². The molecule has 3 aromatic rings. The van der Waals surface area contributed by atoms with Crippen molar-refractivity contribution in [2.75, 3.05) is 0 Å². The number of hydrogen-bond donors (Lipinski definition) is 0. The van der Waals surface area contributed by atoms with E-state index in [4.69, 9.17) is 4.74 Å². The van der Waals surface area contributed by atoms with Crippen LogP contribution >= 0.6 is 0 Å². The second kappa shape index (κ2) is 16.6. The number of rotatable bonds is 18. The van der Waals surface area contributed by atoms with Gasteiger partial charge in [-0.2, -0.15) is 0 Å². The highest BCUT2D eigenvalue weighted by Crippen LogP contribution is 2.33. The molecular weight excluding hydrogens is 452 g/mol. The van der Waals surface area contributed by atoms with Crippen LogP contribution in [0.15, 0.2) is 104 Å². The SMILES string of the molecule is C=CC(=O)OC(CCCCCc1ccccc1)(CCCCCc1ccccc1)CCCc1ccccc1. The molecule has 2 nitrogen and oxygen atoms in total. The normalized spacial score (nSPS) is 11.2. The molecule has 0 aliphatic heterocycles. The Morgan fingerprint density at radius 2 is 0.946 bits per heavy atom. The molecule has 2 heteroatoms. The minimum atomic E-state index is -0.403. The molecule has 0 unspecified atom stereocenters. The molecule has 0 fully saturated rings. The monoisotopic (exact) mass is 496 g/mol. The Balaban J connectivity index is 1.56. The van der Waals surface area contributed by atoms with E-state index in [2.05, 4.69) is 97.6 Å². The Labute approximate surface area is 224 Å². The molecule has 0 spiro atoms. The van der Waals surface area contributed by atoms with Crippen molar-refractivity contribution >= 4 is 5.97 Å². The molecule has 0 aliphatic rings. The van der Waals surface area contributed by atoms with E-state index in [1.54, 1.807) is 0 Å². The van der Waals surface area contributed by atoms with Crippen LogP contribution in [0.2, 0.25) is 0 Å². The van der Waals surface area contributed by atoms with Gasteiger partial charge in [-0.1, -0.05) is 110 Å². The smallest absolute Gasteiger partial charge is 0.330 e. The predicted octanol–water partition coefficient (Wildman–Crippen LogP) is 9.08. The number of hydrogen-bond acceptors (Lipinski definition) is 2. The van der Waals surface area contributed by atoms with Gasteiger partial charge in [0.05, 0.1) is 0 Å². The average molecular weight is 497 g/mol. The fourth-order valence-corrected chi connectivity index (χ4v) is 5.24. The first-order valence-electron chi connectivity index (χ1n) is 14.2. The van der Waals surface area contributed by atoms with E-state index >= 15 is 0 Å². The fourth-order valence-electron chi connectivity index (χ4n) is 5.24. The summed E-state index contributed by atoms with van der Waals surface area (Å²) in [6.45, 7) is 3.68. The van der Waals surface area contributed by atoms with Gasteiger partial charge in [0.1, 0.15) is 5.60 Å². The Kier molecular flexibility index (Phi) is 12.7. The largest absolute Gasteiger partial charge is 0.456 e. The van der Waals surface area contributed by atoms with Crippen LogP contribution in [-0.4, -0.2) is 11.6 Å². The van der Waals surface area contributed by atoms with Crippen LogP contribution in [0.3, 0.4) is 0 Å². The summed E-state index contributed by atoms with van der Waals surface area (Å²) in [5.41, 5.74) is 3.73. The summed E-state index contributed by atoms with van der Waals surface area (Å²) in [7, 11) is 0. The molecule has 0 atom stereocenters. The summed E-state index contributed by atoms with van der Waals surface area (Å²) in [4.78, 5) is 12.5. The van der Waals surface area contributed by atoms with Crippen LogP contribution in [0.1, 0.15) is 80.9 Å². The van der Waals surface area contributed by atoms with Gasteiger partial charge in [0.2, 0.25) is 0 Å². The van der Waals surface area contributed by atoms with Crippen molar-refractivity contribution in [2.24, 2.45) is 0 Å². The number of ether oxygens (including phenoxy) is 1.